The van der Waals surface area contributed by atoms with Crippen LogP contribution in [0.15, 0.2) is 83.7 Å². The summed E-state index contributed by atoms with van der Waals surface area (Å²) in [6.45, 7) is 4.66. The topological polar surface area (TPSA) is 218 Å². The largest absolute Gasteiger partial charge is 0.370 e. The Hall–Kier alpha value is -6.62. The normalized spacial score (nSPS) is 22.2. The Morgan fingerprint density at radius 2 is 1.48 bits per heavy atom. The second kappa shape index (κ2) is 20.5. The van der Waals surface area contributed by atoms with E-state index in [1.165, 1.54) is 4.57 Å². The van der Waals surface area contributed by atoms with Crippen LogP contribution >= 0.6 is 0 Å². The Bertz CT molecular complexity index is 2530. The summed E-state index contributed by atoms with van der Waals surface area (Å²) in [6, 6.07) is 21.5. The molecule has 7 amide bonds. The molecule has 5 atom stereocenters. The molecule has 0 bridgehead atoms. The number of piperidine rings is 2. The van der Waals surface area contributed by atoms with Gasteiger partial charge in [-0.05, 0) is 92.8 Å². The number of nitrogens with zero attached hydrogens (tertiary/aromatic N) is 5. The van der Waals surface area contributed by atoms with Gasteiger partial charge in [-0.1, -0.05) is 73.7 Å². The summed E-state index contributed by atoms with van der Waals surface area (Å²) < 4.78 is 3.05. The minimum atomic E-state index is -1.08. The van der Waals surface area contributed by atoms with Crippen LogP contribution in [0.2, 0.25) is 0 Å². The molecule has 67 heavy (non-hydrogen) atoms. The van der Waals surface area contributed by atoms with Crippen LogP contribution in [-0.2, 0) is 40.6 Å². The van der Waals surface area contributed by atoms with E-state index in [2.05, 4.69) is 20.9 Å². The number of hydrogen-bond acceptors (Lipinski definition) is 9. The van der Waals surface area contributed by atoms with E-state index in [1.807, 2.05) is 78.9 Å². The standard InChI is InChI=1S/C50H61N9O8/c1-31-30-57(44(62)24-27-56-25-21-32(22-26-56)35-13-16-38-41(29-35)55(2)50(67)59(38)40-18-20-43(61)53-48(40)65)28-23-36-14-17-39(58(36)49(31)66)47(64)52-37(15-19-42(51)60)46(63)54-45(33-9-5-3-6-10-33)34-11-7-4-8-12-34/h3-13,16,29,31-32,36-37,39-40,45H,14-15,17-28,30H2,1-2H3,(H2,51,60)(H,52,64)(H,54,63)(H,53,61,65)/t31-,36+,37-,39-,40?/m0/s1. The smallest absolute Gasteiger partial charge is 0.329 e. The van der Waals surface area contributed by atoms with Crippen LogP contribution in [0, 0.1) is 5.92 Å². The van der Waals surface area contributed by atoms with Crippen LogP contribution in [0.5, 0.6) is 0 Å². The van der Waals surface area contributed by atoms with Crippen molar-refractivity contribution in [2.75, 3.05) is 32.7 Å². The Kier molecular flexibility index (Phi) is 14.3. The molecule has 354 valence electrons. The Morgan fingerprint density at radius 3 is 2.13 bits per heavy atom. The molecule has 0 aliphatic carbocycles. The molecule has 5 heterocycles. The van der Waals surface area contributed by atoms with Gasteiger partial charge < -0.3 is 31.1 Å². The fourth-order valence-corrected chi connectivity index (χ4v) is 10.5. The van der Waals surface area contributed by atoms with E-state index in [0.29, 0.717) is 44.3 Å². The van der Waals surface area contributed by atoms with Crippen molar-refractivity contribution < 1.29 is 33.6 Å². The van der Waals surface area contributed by atoms with Gasteiger partial charge in [0.2, 0.25) is 41.4 Å². The van der Waals surface area contributed by atoms with Gasteiger partial charge in [0.25, 0.3) is 0 Å². The molecule has 8 rings (SSSR count). The quantitative estimate of drug-likeness (QED) is 0.137. The SMILES string of the molecule is C[C@H]1CN(C(=O)CCN2CCC(c3ccc4c(c3)n(C)c(=O)n4C3CCC(=O)NC3=O)CC2)CC[C@H]2CC[C@@H](C(=O)N[C@@H](CCC(N)=O)C(=O)NC(c3ccccc3)c3ccccc3)N2C1=O. The lowest BCUT2D eigenvalue weighted by molar-refractivity contribution is -0.147. The zero-order valence-corrected chi connectivity index (χ0v) is 38.2. The third kappa shape index (κ3) is 10.4. The summed E-state index contributed by atoms with van der Waals surface area (Å²) in [5.74, 6) is -2.84. The molecule has 4 aliphatic rings. The highest BCUT2D eigenvalue weighted by atomic mass is 16.2. The molecule has 17 nitrogen and oxygen atoms in total. The molecule has 0 saturated carbocycles. The van der Waals surface area contributed by atoms with Crippen LogP contribution in [0.1, 0.15) is 106 Å². The number of nitrogens with one attached hydrogen (secondary N) is 3. The molecular formula is C50H61N9O8. The molecule has 3 aromatic carbocycles. The number of carbonyl (C=O) groups is 7. The van der Waals surface area contributed by atoms with Crippen molar-refractivity contribution in [1.82, 2.24) is 39.8 Å². The Balaban J connectivity index is 0.845. The third-order valence-corrected chi connectivity index (χ3v) is 14.3. The van der Waals surface area contributed by atoms with E-state index in [4.69, 9.17) is 5.73 Å². The molecule has 5 N–H and O–H groups in total. The molecule has 17 heteroatoms. The molecule has 0 spiro atoms. The van der Waals surface area contributed by atoms with Gasteiger partial charge in [-0.3, -0.25) is 48.0 Å². The van der Waals surface area contributed by atoms with Gasteiger partial charge in [0.15, 0.2) is 0 Å². The van der Waals surface area contributed by atoms with E-state index in [0.717, 1.165) is 48.1 Å². The van der Waals surface area contributed by atoms with Gasteiger partial charge in [0.1, 0.15) is 18.1 Å². The molecule has 4 aromatic rings. The van der Waals surface area contributed by atoms with Gasteiger partial charge in [0.05, 0.1) is 23.0 Å². The predicted molar refractivity (Wildman–Crippen MR) is 249 cm³/mol. The van der Waals surface area contributed by atoms with E-state index in [9.17, 15) is 38.4 Å². The highest BCUT2D eigenvalue weighted by Gasteiger charge is 2.45. The van der Waals surface area contributed by atoms with Crippen LogP contribution in [0.25, 0.3) is 11.0 Å². The molecular weight excluding hydrogens is 855 g/mol. The highest BCUT2D eigenvalue weighted by molar-refractivity contribution is 6.00. The fraction of sp³-hybridized carbons (Fsp3) is 0.480. The second-order valence-electron chi connectivity index (χ2n) is 18.6. The monoisotopic (exact) mass is 915 g/mol. The minimum absolute atomic E-state index is 0.0109. The van der Waals surface area contributed by atoms with Gasteiger partial charge in [-0.15, -0.1) is 0 Å². The first-order chi connectivity index (χ1) is 32.3. The Morgan fingerprint density at radius 1 is 0.791 bits per heavy atom. The number of likely N-dealkylation sites (tertiary alicyclic amines) is 1. The number of hydrogen-bond donors (Lipinski definition) is 4. The summed E-state index contributed by atoms with van der Waals surface area (Å²) in [4.78, 5) is 111. The number of benzene rings is 3. The summed E-state index contributed by atoms with van der Waals surface area (Å²) in [5.41, 5.74) is 9.41. The first-order valence-electron chi connectivity index (χ1n) is 23.6. The number of aromatic nitrogens is 2. The lowest BCUT2D eigenvalue weighted by atomic mass is 9.89. The number of aryl methyl sites for hydroxylation is 1. The molecule has 4 fully saturated rings. The summed E-state index contributed by atoms with van der Waals surface area (Å²) in [6.07, 6.45) is 3.90. The second-order valence-corrected chi connectivity index (χ2v) is 18.6. The average Bonchev–Trinajstić information content (AvgIpc) is 3.86. The fourth-order valence-electron chi connectivity index (χ4n) is 10.5. The zero-order chi connectivity index (χ0) is 47.4. The maximum Gasteiger partial charge on any atom is 0.329 e. The number of amides is 7. The summed E-state index contributed by atoms with van der Waals surface area (Å²) >= 11 is 0. The lowest BCUT2D eigenvalue weighted by Crippen LogP contribution is -2.57. The summed E-state index contributed by atoms with van der Waals surface area (Å²) in [7, 11) is 1.70. The van der Waals surface area contributed by atoms with Crippen molar-refractivity contribution in [3.63, 3.8) is 0 Å². The van der Waals surface area contributed by atoms with Crippen molar-refractivity contribution in [1.29, 1.82) is 0 Å². The average molecular weight is 916 g/mol. The van der Waals surface area contributed by atoms with Crippen molar-refractivity contribution in [2.24, 2.45) is 18.7 Å². The third-order valence-electron chi connectivity index (χ3n) is 14.3. The van der Waals surface area contributed by atoms with Crippen LogP contribution in [-0.4, -0.2) is 116 Å². The molecule has 0 radical (unpaired) electrons. The number of imidazole rings is 1. The number of fused-ring (bicyclic) bond motifs is 2. The van der Waals surface area contributed by atoms with Crippen LogP contribution < -0.4 is 27.4 Å². The molecule has 1 unspecified atom stereocenters. The van der Waals surface area contributed by atoms with Crippen LogP contribution in [0.4, 0.5) is 0 Å². The first-order valence-corrected chi connectivity index (χ1v) is 23.6. The summed E-state index contributed by atoms with van der Waals surface area (Å²) in [5, 5.41) is 8.32. The van der Waals surface area contributed by atoms with Gasteiger partial charge in [-0.2, -0.15) is 0 Å². The maximum atomic E-state index is 14.1. The number of rotatable bonds is 14. The van der Waals surface area contributed by atoms with Crippen molar-refractivity contribution in [3.05, 3.63) is 106 Å². The highest BCUT2D eigenvalue weighted by Crippen LogP contribution is 2.33. The van der Waals surface area contributed by atoms with E-state index in [-0.39, 0.29) is 67.6 Å². The van der Waals surface area contributed by atoms with Crippen molar-refractivity contribution in [3.8, 4) is 0 Å². The van der Waals surface area contributed by atoms with E-state index >= 15 is 0 Å². The molecule has 1 aromatic heterocycles. The van der Waals surface area contributed by atoms with Gasteiger partial charge in [0, 0.05) is 52.0 Å². The number of nitrogens with two attached hydrogens (primary N) is 1. The van der Waals surface area contributed by atoms with Gasteiger partial charge >= 0.3 is 5.69 Å². The maximum absolute atomic E-state index is 14.1. The predicted octanol–water partition coefficient (Wildman–Crippen LogP) is 2.77. The lowest BCUT2D eigenvalue weighted by Gasteiger charge is -2.38. The van der Waals surface area contributed by atoms with Crippen LogP contribution in [0.3, 0.4) is 0 Å². The zero-order valence-electron chi connectivity index (χ0n) is 38.2. The van der Waals surface area contributed by atoms with E-state index < -0.39 is 53.7 Å². The number of carbonyl (C=O) groups excluding carboxylic acids is 7. The Labute approximate surface area is 389 Å². The van der Waals surface area contributed by atoms with Gasteiger partial charge in [-0.25, -0.2) is 4.79 Å². The number of imide groups is 1. The van der Waals surface area contributed by atoms with E-state index in [1.54, 1.807) is 28.3 Å². The minimum Gasteiger partial charge on any atom is -0.370 e. The van der Waals surface area contributed by atoms with Crippen molar-refractivity contribution in [2.45, 2.75) is 107 Å². The molecule has 4 aliphatic heterocycles. The molecule has 4 saturated heterocycles. The van der Waals surface area contributed by atoms with Crippen molar-refractivity contribution >= 4 is 52.4 Å². The number of primary amides is 1. The first kappa shape index (κ1) is 46.9.